The topological polar surface area (TPSA) is 75.1 Å². The van der Waals surface area contributed by atoms with Gasteiger partial charge in [0.15, 0.2) is 0 Å². The van der Waals surface area contributed by atoms with Crippen LogP contribution in [0, 0.1) is 0 Å². The molecular formula is C9H13Cl2N3O2S. The number of carbonyl (C=O) groups is 1. The van der Waals surface area contributed by atoms with E-state index < -0.39 is 16.8 Å². The molecule has 0 saturated carbocycles. The second-order valence-electron chi connectivity index (χ2n) is 3.80. The van der Waals surface area contributed by atoms with Crippen LogP contribution in [0.5, 0.6) is 0 Å². The van der Waals surface area contributed by atoms with Crippen LogP contribution in [-0.4, -0.2) is 31.8 Å². The summed E-state index contributed by atoms with van der Waals surface area (Å²) < 4.78 is -0.733. The number of aliphatic carboxylic acids is 1. The van der Waals surface area contributed by atoms with Gasteiger partial charge in [0.2, 0.25) is 0 Å². The van der Waals surface area contributed by atoms with Crippen molar-refractivity contribution >= 4 is 48.4 Å². The first-order chi connectivity index (χ1) is 7.30. The first kappa shape index (κ1) is 16.3. The Kier molecular flexibility index (Phi) is 6.01. The lowest BCUT2D eigenvalue weighted by molar-refractivity contribution is -0.138. The van der Waals surface area contributed by atoms with Crippen molar-refractivity contribution in [1.82, 2.24) is 9.97 Å². The molecule has 0 bridgehead atoms. The third kappa shape index (κ3) is 4.97. The van der Waals surface area contributed by atoms with E-state index in [1.54, 1.807) is 13.8 Å². The van der Waals surface area contributed by atoms with E-state index in [1.165, 1.54) is 12.4 Å². The zero-order valence-corrected chi connectivity index (χ0v) is 11.7. The van der Waals surface area contributed by atoms with E-state index in [1.807, 2.05) is 0 Å². The van der Waals surface area contributed by atoms with Crippen LogP contribution in [0.15, 0.2) is 12.4 Å². The fourth-order valence-electron chi connectivity index (χ4n) is 1.10. The Hall–Kier alpha value is -0.720. The van der Waals surface area contributed by atoms with Crippen LogP contribution in [0.4, 0.5) is 5.82 Å². The maximum absolute atomic E-state index is 11.0. The molecule has 0 fully saturated rings. The van der Waals surface area contributed by atoms with Gasteiger partial charge in [-0.2, -0.15) is 12.6 Å². The fraction of sp³-hybridized carbons (Fsp3) is 0.444. The van der Waals surface area contributed by atoms with Crippen molar-refractivity contribution in [3.05, 3.63) is 17.5 Å². The third-order valence-corrected chi connectivity index (χ3v) is 2.34. The molecule has 0 aliphatic rings. The quantitative estimate of drug-likeness (QED) is 0.586. The Balaban J connectivity index is 0.00000256. The second kappa shape index (κ2) is 6.28. The van der Waals surface area contributed by atoms with Crippen LogP contribution >= 0.6 is 36.6 Å². The van der Waals surface area contributed by atoms with Crippen molar-refractivity contribution < 1.29 is 9.90 Å². The molecule has 1 aromatic rings. The number of nitrogens with zero attached hydrogens (tertiary/aromatic N) is 2. The van der Waals surface area contributed by atoms with E-state index in [0.29, 0.717) is 5.82 Å². The highest BCUT2D eigenvalue weighted by atomic mass is 35.5. The number of hydrogen-bond acceptors (Lipinski definition) is 5. The standard InChI is InChI=1S/C9H12ClN3O2S.ClH/c1-9(2,16)7(8(14)15)13-6-3-5(10)11-4-12-6;/h3-4,7,16H,1-2H3,(H,14,15)(H,11,12,13);1H/t7-;/m1./s1. The maximum atomic E-state index is 11.0. The molecule has 2 N–H and O–H groups in total. The highest BCUT2D eigenvalue weighted by molar-refractivity contribution is 7.81. The number of rotatable bonds is 4. The van der Waals surface area contributed by atoms with Gasteiger partial charge in [-0.1, -0.05) is 11.6 Å². The lowest BCUT2D eigenvalue weighted by Gasteiger charge is -2.27. The lowest BCUT2D eigenvalue weighted by Crippen LogP contribution is -2.44. The smallest absolute Gasteiger partial charge is 0.327 e. The Bertz CT molecular complexity index is 398. The molecule has 1 heterocycles. The van der Waals surface area contributed by atoms with Crippen molar-refractivity contribution in [3.8, 4) is 0 Å². The number of anilines is 1. The van der Waals surface area contributed by atoms with E-state index in [-0.39, 0.29) is 17.6 Å². The number of thiol groups is 1. The number of hydrogen-bond donors (Lipinski definition) is 3. The number of carboxylic acids is 1. The Morgan fingerprint density at radius 2 is 2.18 bits per heavy atom. The van der Waals surface area contributed by atoms with Crippen LogP contribution in [0.3, 0.4) is 0 Å². The highest BCUT2D eigenvalue weighted by Gasteiger charge is 2.32. The van der Waals surface area contributed by atoms with E-state index in [4.69, 9.17) is 16.7 Å². The van der Waals surface area contributed by atoms with Crippen molar-refractivity contribution in [2.24, 2.45) is 0 Å². The summed E-state index contributed by atoms with van der Waals surface area (Å²) in [7, 11) is 0. The van der Waals surface area contributed by atoms with Gasteiger partial charge in [-0.05, 0) is 13.8 Å². The van der Waals surface area contributed by atoms with Gasteiger partial charge in [0.1, 0.15) is 23.3 Å². The second-order valence-corrected chi connectivity index (χ2v) is 5.34. The average Bonchev–Trinajstić information content (AvgIpc) is 2.12. The van der Waals surface area contributed by atoms with E-state index >= 15 is 0 Å². The Morgan fingerprint density at radius 3 is 2.59 bits per heavy atom. The summed E-state index contributed by atoms with van der Waals surface area (Å²) >= 11 is 9.89. The SMILES string of the molecule is CC(C)(S)[C@H](Nc1cc(Cl)ncn1)C(=O)O.Cl. The normalized spacial score (nSPS) is 12.5. The molecule has 1 atom stereocenters. The molecule has 0 aliphatic heterocycles. The monoisotopic (exact) mass is 297 g/mol. The third-order valence-electron chi connectivity index (χ3n) is 1.88. The zero-order chi connectivity index (χ0) is 12.3. The summed E-state index contributed by atoms with van der Waals surface area (Å²) in [6.07, 6.45) is 1.26. The molecule has 17 heavy (non-hydrogen) atoms. The summed E-state index contributed by atoms with van der Waals surface area (Å²) in [5.41, 5.74) is 0. The van der Waals surface area contributed by atoms with Gasteiger partial charge in [0.25, 0.3) is 0 Å². The van der Waals surface area contributed by atoms with Gasteiger partial charge >= 0.3 is 5.97 Å². The minimum Gasteiger partial charge on any atom is -0.480 e. The molecule has 0 aromatic carbocycles. The van der Waals surface area contributed by atoms with Crippen LogP contribution in [-0.2, 0) is 4.79 Å². The van der Waals surface area contributed by atoms with E-state index in [2.05, 4.69) is 27.9 Å². The number of halogens is 2. The van der Waals surface area contributed by atoms with Gasteiger partial charge in [0, 0.05) is 10.8 Å². The Labute approximate surface area is 116 Å². The van der Waals surface area contributed by atoms with Crippen LogP contribution in [0.1, 0.15) is 13.8 Å². The van der Waals surface area contributed by atoms with Gasteiger partial charge in [-0.25, -0.2) is 14.8 Å². The molecule has 0 aliphatic carbocycles. The van der Waals surface area contributed by atoms with Crippen LogP contribution in [0.25, 0.3) is 0 Å². The number of aromatic nitrogens is 2. The van der Waals surface area contributed by atoms with E-state index in [0.717, 1.165) is 0 Å². The van der Waals surface area contributed by atoms with E-state index in [9.17, 15) is 4.79 Å². The summed E-state index contributed by atoms with van der Waals surface area (Å²) in [4.78, 5) is 18.6. The molecule has 0 spiro atoms. The molecule has 1 rings (SSSR count). The molecule has 0 saturated heterocycles. The zero-order valence-electron chi connectivity index (χ0n) is 9.22. The molecule has 1 aromatic heterocycles. The lowest BCUT2D eigenvalue weighted by atomic mass is 10.0. The first-order valence-corrected chi connectivity index (χ1v) is 5.32. The molecule has 0 unspecified atom stereocenters. The van der Waals surface area contributed by atoms with Crippen molar-refractivity contribution in [3.63, 3.8) is 0 Å². The molecular weight excluding hydrogens is 285 g/mol. The predicted octanol–water partition coefficient (Wildman–Crippen LogP) is 2.13. The van der Waals surface area contributed by atoms with Crippen molar-refractivity contribution in [2.45, 2.75) is 24.6 Å². The summed E-state index contributed by atoms with van der Waals surface area (Å²) in [6, 6.07) is 0.582. The number of carboxylic acid groups (broad SMARTS) is 1. The fourth-order valence-corrected chi connectivity index (χ4v) is 1.42. The molecule has 5 nitrogen and oxygen atoms in total. The first-order valence-electron chi connectivity index (χ1n) is 4.50. The van der Waals surface area contributed by atoms with Gasteiger partial charge in [-0.15, -0.1) is 12.4 Å². The molecule has 0 amide bonds. The molecule has 8 heteroatoms. The summed E-state index contributed by atoms with van der Waals surface area (Å²) in [5, 5.41) is 12.0. The molecule has 0 radical (unpaired) electrons. The van der Waals surface area contributed by atoms with Crippen LogP contribution < -0.4 is 5.32 Å². The minimum atomic E-state index is -1.00. The summed E-state index contributed by atoms with van der Waals surface area (Å²) in [5.74, 6) is -0.649. The Morgan fingerprint density at radius 1 is 1.59 bits per heavy atom. The van der Waals surface area contributed by atoms with Gasteiger partial charge in [0.05, 0.1) is 0 Å². The maximum Gasteiger partial charge on any atom is 0.327 e. The largest absolute Gasteiger partial charge is 0.480 e. The minimum absolute atomic E-state index is 0. The van der Waals surface area contributed by atoms with Gasteiger partial charge in [-0.3, -0.25) is 0 Å². The predicted molar refractivity (Wildman–Crippen MR) is 72.4 cm³/mol. The van der Waals surface area contributed by atoms with Crippen molar-refractivity contribution in [1.29, 1.82) is 0 Å². The number of nitrogens with one attached hydrogen (secondary N) is 1. The van der Waals surface area contributed by atoms with Crippen molar-refractivity contribution in [2.75, 3.05) is 5.32 Å². The molecule has 96 valence electrons. The highest BCUT2D eigenvalue weighted by Crippen LogP contribution is 2.21. The van der Waals surface area contributed by atoms with Gasteiger partial charge < -0.3 is 10.4 Å². The summed E-state index contributed by atoms with van der Waals surface area (Å²) in [6.45, 7) is 3.40. The average molecular weight is 298 g/mol. The van der Waals surface area contributed by atoms with Crippen LogP contribution in [0.2, 0.25) is 5.15 Å².